The van der Waals surface area contributed by atoms with Gasteiger partial charge in [0.2, 0.25) is 11.0 Å². The van der Waals surface area contributed by atoms with Crippen molar-refractivity contribution < 1.29 is 19.1 Å². The molecule has 3 rings (SSSR count). The molecule has 0 spiro atoms. The first-order valence-electron chi connectivity index (χ1n) is 8.50. The number of hydrogen-bond donors (Lipinski definition) is 1. The number of rotatable bonds is 7. The Labute approximate surface area is 164 Å². The van der Waals surface area contributed by atoms with Crippen molar-refractivity contribution in [1.29, 1.82) is 0 Å². The number of nitrogens with one attached hydrogen (secondary N) is 1. The van der Waals surface area contributed by atoms with E-state index in [0.717, 1.165) is 35.8 Å². The van der Waals surface area contributed by atoms with E-state index >= 15 is 0 Å². The van der Waals surface area contributed by atoms with E-state index < -0.39 is 0 Å². The second-order valence-electron chi connectivity index (χ2n) is 5.98. The maximum atomic E-state index is 12.6. The van der Waals surface area contributed by atoms with Crippen LogP contribution < -0.4 is 10.2 Å². The van der Waals surface area contributed by atoms with Gasteiger partial charge in [0, 0.05) is 20.6 Å². The third-order valence-corrected chi connectivity index (χ3v) is 6.10. The normalized spacial score (nSPS) is 16.5. The molecule has 2 amide bonds. The van der Waals surface area contributed by atoms with E-state index in [-0.39, 0.29) is 17.9 Å². The second-order valence-corrected chi connectivity index (χ2v) is 7.96. The number of carbonyl (C=O) groups excluding carboxylic acids is 2. The molecule has 9 nitrogen and oxygen atoms in total. The van der Waals surface area contributed by atoms with Crippen LogP contribution in [-0.4, -0.2) is 53.9 Å². The molecule has 0 bridgehead atoms. The number of anilines is 2. The van der Waals surface area contributed by atoms with Crippen molar-refractivity contribution in [2.75, 3.05) is 37.1 Å². The zero-order chi connectivity index (χ0) is 19.4. The third kappa shape index (κ3) is 4.67. The summed E-state index contributed by atoms with van der Waals surface area (Å²) in [6.45, 7) is 4.68. The van der Waals surface area contributed by atoms with Crippen molar-refractivity contribution in [2.24, 2.45) is 0 Å². The van der Waals surface area contributed by atoms with E-state index in [2.05, 4.69) is 20.5 Å². The van der Waals surface area contributed by atoms with Gasteiger partial charge in [-0.05, 0) is 19.8 Å². The van der Waals surface area contributed by atoms with Gasteiger partial charge in [-0.25, -0.2) is 4.98 Å². The van der Waals surface area contributed by atoms with E-state index in [1.54, 1.807) is 14.0 Å². The standard InChI is InChI=1S/C16H21N5O4S2/c1-9-12(26-16(17-9)21(10(2)22)6-8-24-3)13(23)18-15-20-19-14(27-15)11-5-4-7-25-11/h11H,4-8H2,1-3H3,(H,18,20,23)/t11-/m1/s1. The Morgan fingerprint density at radius 1 is 1.37 bits per heavy atom. The van der Waals surface area contributed by atoms with E-state index in [0.29, 0.717) is 34.0 Å². The summed E-state index contributed by atoms with van der Waals surface area (Å²) in [5, 5.41) is 12.6. The summed E-state index contributed by atoms with van der Waals surface area (Å²) >= 11 is 2.48. The van der Waals surface area contributed by atoms with Crippen LogP contribution in [0.5, 0.6) is 0 Å². The van der Waals surface area contributed by atoms with Gasteiger partial charge in [0.05, 0.1) is 18.8 Å². The number of carbonyl (C=O) groups is 2. The molecule has 3 heterocycles. The molecule has 2 aromatic heterocycles. The Balaban J connectivity index is 1.71. The fourth-order valence-electron chi connectivity index (χ4n) is 2.62. The van der Waals surface area contributed by atoms with Gasteiger partial charge < -0.3 is 9.47 Å². The SMILES string of the molecule is COCCN(C(C)=O)c1nc(C)c(C(=O)Nc2nnc([C@H]3CCCO3)s2)s1. The molecule has 2 aromatic rings. The summed E-state index contributed by atoms with van der Waals surface area (Å²) < 4.78 is 10.6. The smallest absolute Gasteiger partial charge is 0.269 e. The highest BCUT2D eigenvalue weighted by Gasteiger charge is 2.24. The van der Waals surface area contributed by atoms with Gasteiger partial charge in [-0.2, -0.15) is 0 Å². The Bertz CT molecular complexity index is 816. The second kappa shape index (κ2) is 8.83. The van der Waals surface area contributed by atoms with Gasteiger partial charge in [-0.3, -0.25) is 19.8 Å². The summed E-state index contributed by atoms with van der Waals surface area (Å²) in [6.07, 6.45) is 1.89. The zero-order valence-corrected chi connectivity index (χ0v) is 17.0. The average Bonchev–Trinajstić information content (AvgIpc) is 3.35. The fourth-order valence-corrected chi connectivity index (χ4v) is 4.47. The Morgan fingerprint density at radius 3 is 2.85 bits per heavy atom. The number of aromatic nitrogens is 3. The Kier molecular flexibility index (Phi) is 6.47. The summed E-state index contributed by atoms with van der Waals surface area (Å²) in [6, 6.07) is 0. The summed E-state index contributed by atoms with van der Waals surface area (Å²) in [5.74, 6) is -0.473. The first kappa shape index (κ1) is 19.8. The lowest BCUT2D eigenvalue weighted by molar-refractivity contribution is -0.116. The number of amides is 2. The van der Waals surface area contributed by atoms with Gasteiger partial charge >= 0.3 is 0 Å². The van der Waals surface area contributed by atoms with E-state index in [1.165, 1.54) is 23.2 Å². The lowest BCUT2D eigenvalue weighted by atomic mass is 10.2. The molecule has 0 saturated carbocycles. The molecule has 1 aliphatic rings. The van der Waals surface area contributed by atoms with Crippen LogP contribution in [-0.2, 0) is 14.3 Å². The van der Waals surface area contributed by atoms with Crippen molar-refractivity contribution >= 4 is 44.8 Å². The molecule has 1 aliphatic heterocycles. The molecular weight excluding hydrogens is 390 g/mol. The first-order valence-corrected chi connectivity index (χ1v) is 10.1. The van der Waals surface area contributed by atoms with Crippen molar-refractivity contribution in [3.05, 3.63) is 15.6 Å². The van der Waals surface area contributed by atoms with Crippen LogP contribution >= 0.6 is 22.7 Å². The number of methoxy groups -OCH3 is 1. The minimum absolute atomic E-state index is 0.0326. The number of thiazole rings is 1. The molecule has 0 radical (unpaired) electrons. The van der Waals surface area contributed by atoms with Crippen LogP contribution in [0.4, 0.5) is 10.3 Å². The maximum Gasteiger partial charge on any atom is 0.269 e. The molecule has 1 saturated heterocycles. The summed E-state index contributed by atoms with van der Waals surface area (Å²) in [4.78, 5) is 30.8. The average molecular weight is 412 g/mol. The number of hydrogen-bond acceptors (Lipinski definition) is 9. The fraction of sp³-hybridized carbons (Fsp3) is 0.562. The molecular formula is C16H21N5O4S2. The highest BCUT2D eigenvalue weighted by molar-refractivity contribution is 7.18. The number of ether oxygens (including phenoxy) is 2. The monoisotopic (exact) mass is 411 g/mol. The molecule has 146 valence electrons. The maximum absolute atomic E-state index is 12.6. The molecule has 11 heteroatoms. The van der Waals surface area contributed by atoms with Crippen LogP contribution in [0.3, 0.4) is 0 Å². The summed E-state index contributed by atoms with van der Waals surface area (Å²) in [7, 11) is 1.57. The van der Waals surface area contributed by atoms with Crippen molar-refractivity contribution in [1.82, 2.24) is 15.2 Å². The van der Waals surface area contributed by atoms with Crippen molar-refractivity contribution in [3.8, 4) is 0 Å². The van der Waals surface area contributed by atoms with E-state index in [4.69, 9.17) is 9.47 Å². The van der Waals surface area contributed by atoms with Crippen LogP contribution in [0.2, 0.25) is 0 Å². The van der Waals surface area contributed by atoms with Gasteiger partial charge in [0.25, 0.3) is 5.91 Å². The lowest BCUT2D eigenvalue weighted by Crippen LogP contribution is -2.31. The number of nitrogens with zero attached hydrogens (tertiary/aromatic N) is 4. The van der Waals surface area contributed by atoms with Crippen LogP contribution in [0, 0.1) is 6.92 Å². The zero-order valence-electron chi connectivity index (χ0n) is 15.4. The van der Waals surface area contributed by atoms with Gasteiger partial charge in [-0.1, -0.05) is 22.7 Å². The molecule has 0 aliphatic carbocycles. The predicted octanol–water partition coefficient (Wildman–Crippen LogP) is 2.41. The van der Waals surface area contributed by atoms with Gasteiger partial charge in [0.15, 0.2) is 5.13 Å². The predicted molar refractivity (Wildman–Crippen MR) is 103 cm³/mol. The third-order valence-electron chi connectivity index (χ3n) is 3.99. The molecule has 0 aromatic carbocycles. The van der Waals surface area contributed by atoms with E-state index in [1.807, 2.05) is 0 Å². The molecule has 0 unspecified atom stereocenters. The van der Waals surface area contributed by atoms with Crippen LogP contribution in [0.15, 0.2) is 0 Å². The first-order chi connectivity index (χ1) is 13.0. The van der Waals surface area contributed by atoms with Crippen LogP contribution in [0.1, 0.15) is 46.2 Å². The largest absolute Gasteiger partial charge is 0.383 e. The van der Waals surface area contributed by atoms with Crippen molar-refractivity contribution in [2.45, 2.75) is 32.8 Å². The van der Waals surface area contributed by atoms with Gasteiger partial charge in [-0.15, -0.1) is 10.2 Å². The lowest BCUT2D eigenvalue weighted by Gasteiger charge is -2.16. The minimum Gasteiger partial charge on any atom is -0.383 e. The van der Waals surface area contributed by atoms with Gasteiger partial charge in [0.1, 0.15) is 16.0 Å². The van der Waals surface area contributed by atoms with E-state index in [9.17, 15) is 9.59 Å². The minimum atomic E-state index is -0.318. The summed E-state index contributed by atoms with van der Waals surface area (Å²) in [5.41, 5.74) is 0.556. The Morgan fingerprint density at radius 2 is 2.19 bits per heavy atom. The molecule has 1 fully saturated rings. The quantitative estimate of drug-likeness (QED) is 0.745. The molecule has 1 N–H and O–H groups in total. The topological polar surface area (TPSA) is 107 Å². The Hall–Kier alpha value is -1.95. The molecule has 27 heavy (non-hydrogen) atoms. The highest BCUT2D eigenvalue weighted by Crippen LogP contribution is 2.32. The molecule has 1 atom stereocenters. The van der Waals surface area contributed by atoms with Crippen LogP contribution in [0.25, 0.3) is 0 Å². The highest BCUT2D eigenvalue weighted by atomic mass is 32.1. The van der Waals surface area contributed by atoms with Crippen molar-refractivity contribution in [3.63, 3.8) is 0 Å². The number of aryl methyl sites for hydroxylation is 1.